The van der Waals surface area contributed by atoms with Gasteiger partial charge in [-0.1, -0.05) is 50.6 Å². The van der Waals surface area contributed by atoms with Crippen LogP contribution in [0.15, 0.2) is 58.4 Å². The second-order valence-corrected chi connectivity index (χ2v) is 23.9. The smallest absolute Gasteiger partial charge is 0.407 e. The molecule has 4 aliphatic heterocycles. The Kier molecular flexibility index (Phi) is 18.2. The van der Waals surface area contributed by atoms with Gasteiger partial charge in [-0.25, -0.2) is 20.0 Å². The van der Waals surface area contributed by atoms with Gasteiger partial charge in [0.2, 0.25) is 5.78 Å². The maximum absolute atomic E-state index is 15.5. The van der Waals surface area contributed by atoms with Gasteiger partial charge in [-0.3, -0.25) is 19.2 Å². The second kappa shape index (κ2) is 23.7. The zero-order valence-corrected chi connectivity index (χ0v) is 47.5. The number of ether oxygens (including phenoxy) is 10. The van der Waals surface area contributed by atoms with Crippen molar-refractivity contribution in [1.29, 1.82) is 0 Å². The number of quaternary nitrogens is 1. The largest absolute Gasteiger partial charge is 0.600 e. The van der Waals surface area contributed by atoms with Crippen LogP contribution in [0.2, 0.25) is 0 Å². The fraction of sp³-hybridized carbons (Fsp3) is 0.719. The highest BCUT2D eigenvalue weighted by Crippen LogP contribution is 2.61. The normalized spacial score (nSPS) is 44.3. The summed E-state index contributed by atoms with van der Waals surface area (Å²) in [5.74, 6) is -7.08. The molecule has 8 rings (SSSR count). The average molecular weight is 1130 g/mol. The number of carbonyl (C=O) groups is 6. The van der Waals surface area contributed by atoms with Gasteiger partial charge >= 0.3 is 24.0 Å². The molecule has 23 nitrogen and oxygen atoms in total. The topological polar surface area (TPSA) is 315 Å². The van der Waals surface area contributed by atoms with Gasteiger partial charge in [0, 0.05) is 50.4 Å². The molecule has 1 spiro atoms. The van der Waals surface area contributed by atoms with Crippen LogP contribution in [-0.2, 0) is 71.3 Å². The van der Waals surface area contributed by atoms with Gasteiger partial charge in [-0.2, -0.15) is 0 Å². The summed E-state index contributed by atoms with van der Waals surface area (Å²) in [7, 11) is 1.16. The quantitative estimate of drug-likeness (QED) is 0.0430. The number of rotatable bonds is 11. The van der Waals surface area contributed by atoms with Crippen LogP contribution in [0.25, 0.3) is 0 Å². The van der Waals surface area contributed by atoms with Crippen LogP contribution < -0.4 is 10.5 Å². The SMILES string of the molecule is COC(=O)NC1C(C)OC(OC2CC=C(C)C3C=CC4C(OC5CC(OC6CC(O)C(OC(C)=O)C(C)O6)C(OC(C)=O)C(C)O5)C(C)CC(C)C4C3(C)C(O)=C3C(=O)OC4(CC(C=O)=CC(O)C4C=C2C)C3=O)CC1(C)[NH+]([O-])O. The van der Waals surface area contributed by atoms with E-state index in [-0.39, 0.29) is 43.1 Å². The average Bonchev–Trinajstić information content (AvgIpc) is 3.51. The van der Waals surface area contributed by atoms with E-state index >= 15 is 4.79 Å². The van der Waals surface area contributed by atoms with Gasteiger partial charge in [-0.15, -0.1) is 0 Å². The van der Waals surface area contributed by atoms with E-state index in [1.807, 2.05) is 45.9 Å². The van der Waals surface area contributed by atoms with Gasteiger partial charge in [0.15, 0.2) is 42.2 Å². The molecular formula is C57H80N2O21. The molecule has 6 N–H and O–H groups in total. The minimum absolute atomic E-state index is 0.000933. The van der Waals surface area contributed by atoms with E-state index in [0.717, 1.165) is 7.11 Å². The first-order valence-corrected chi connectivity index (χ1v) is 27.7. The van der Waals surface area contributed by atoms with Crippen molar-refractivity contribution in [1.82, 2.24) is 5.32 Å². The van der Waals surface area contributed by atoms with Crippen LogP contribution in [0.1, 0.15) is 115 Å². The molecular weight excluding hydrogens is 1050 g/mol. The van der Waals surface area contributed by atoms with Crippen molar-refractivity contribution in [2.45, 2.75) is 212 Å². The lowest BCUT2D eigenvalue weighted by molar-refractivity contribution is -1.09. The number of hydroxylamine groups is 2. The Bertz CT molecular complexity index is 2550. The molecule has 23 heteroatoms. The lowest BCUT2D eigenvalue weighted by Gasteiger charge is -2.56. The van der Waals surface area contributed by atoms with E-state index in [1.165, 1.54) is 26.8 Å². The number of amides is 1. The second-order valence-electron chi connectivity index (χ2n) is 23.9. The van der Waals surface area contributed by atoms with E-state index in [4.69, 9.17) is 47.4 Å². The first-order valence-electron chi connectivity index (χ1n) is 27.7. The summed E-state index contributed by atoms with van der Waals surface area (Å²) >= 11 is 0. The number of Topliss-reactive ketones (excluding diaryl/α,β-unsaturated/α-hetero) is 1. The molecule has 1 amide bonds. The summed E-state index contributed by atoms with van der Waals surface area (Å²) in [5, 5.41) is 61.0. The molecule has 8 aliphatic rings. The number of aliphatic hydroxyl groups is 3. The van der Waals surface area contributed by atoms with Crippen LogP contribution in [0.4, 0.5) is 4.79 Å². The molecule has 24 atom stereocenters. The van der Waals surface area contributed by atoms with Gasteiger partial charge < -0.3 is 73.2 Å². The number of aliphatic hydroxyl groups excluding tert-OH is 3. The number of hydrogen-bond donors (Lipinski definition) is 6. The van der Waals surface area contributed by atoms with Crippen molar-refractivity contribution in [2.24, 2.45) is 40.9 Å². The van der Waals surface area contributed by atoms with Gasteiger partial charge in [0.25, 0.3) is 0 Å². The lowest BCUT2D eigenvalue weighted by Crippen LogP contribution is -3.17. The molecule has 4 aliphatic carbocycles. The lowest BCUT2D eigenvalue weighted by atomic mass is 9.49. The van der Waals surface area contributed by atoms with E-state index in [0.29, 0.717) is 23.9 Å². The summed E-state index contributed by atoms with van der Waals surface area (Å²) in [6.45, 7) is 18.4. The zero-order valence-electron chi connectivity index (χ0n) is 47.5. The summed E-state index contributed by atoms with van der Waals surface area (Å²) < 4.78 is 61.1. The summed E-state index contributed by atoms with van der Waals surface area (Å²) in [6, 6.07) is -1.02. The molecule has 4 saturated heterocycles. The molecule has 5 fully saturated rings. The molecule has 444 valence electrons. The van der Waals surface area contributed by atoms with Crippen molar-refractivity contribution in [2.75, 3.05) is 7.11 Å². The number of allylic oxidation sites excluding steroid dienone is 3. The van der Waals surface area contributed by atoms with Crippen molar-refractivity contribution in [3.8, 4) is 0 Å². The van der Waals surface area contributed by atoms with E-state index in [1.54, 1.807) is 33.8 Å². The maximum Gasteiger partial charge on any atom is 0.407 e. The number of esters is 3. The van der Waals surface area contributed by atoms with Crippen LogP contribution in [0, 0.1) is 46.1 Å². The number of methoxy groups -OCH3 is 1. The van der Waals surface area contributed by atoms with Gasteiger partial charge in [-0.05, 0) is 89.4 Å². The van der Waals surface area contributed by atoms with Crippen molar-refractivity contribution in [3.63, 3.8) is 0 Å². The Hall–Kier alpha value is -4.92. The monoisotopic (exact) mass is 1130 g/mol. The fourth-order valence-corrected chi connectivity index (χ4v) is 14.5. The third kappa shape index (κ3) is 11.5. The maximum atomic E-state index is 15.5. The highest BCUT2D eigenvalue weighted by atomic mass is 16.8. The summed E-state index contributed by atoms with van der Waals surface area (Å²) in [6.07, 6.45) is -3.98. The van der Waals surface area contributed by atoms with Crippen LogP contribution in [-0.4, -0.2) is 161 Å². The summed E-state index contributed by atoms with van der Waals surface area (Å²) in [4.78, 5) is 79.3. The molecule has 4 heterocycles. The fourth-order valence-electron chi connectivity index (χ4n) is 14.5. The van der Waals surface area contributed by atoms with E-state index < -0.39 is 179 Å². The highest BCUT2D eigenvalue weighted by Gasteiger charge is 2.65. The molecule has 0 aromatic heterocycles. The number of carbonyl (C=O) groups excluding carboxylic acids is 6. The Balaban J connectivity index is 1.17. The molecule has 0 radical (unpaired) electrons. The van der Waals surface area contributed by atoms with Crippen LogP contribution in [0.3, 0.4) is 0 Å². The minimum atomic E-state index is -2.19. The predicted octanol–water partition coefficient (Wildman–Crippen LogP) is 3.61. The number of fused-ring (bicyclic) bond motifs is 4. The van der Waals surface area contributed by atoms with E-state index in [2.05, 4.69) is 5.32 Å². The molecule has 2 bridgehead atoms. The number of aldehydes is 1. The molecule has 0 aromatic carbocycles. The minimum Gasteiger partial charge on any atom is -0.600 e. The molecule has 1 saturated carbocycles. The number of alkyl carbamates (subject to hydrolysis) is 1. The third-order valence-corrected chi connectivity index (χ3v) is 18.3. The van der Waals surface area contributed by atoms with Crippen LogP contribution >= 0.6 is 0 Å². The first-order chi connectivity index (χ1) is 37.6. The zero-order chi connectivity index (χ0) is 58.7. The Morgan fingerprint density at radius 2 is 1.46 bits per heavy atom. The number of nitrogens with one attached hydrogen (secondary N) is 2. The first kappa shape index (κ1) is 61.2. The Labute approximate surface area is 465 Å². The van der Waals surface area contributed by atoms with Gasteiger partial charge in [0.05, 0.1) is 62.2 Å². The highest BCUT2D eigenvalue weighted by molar-refractivity contribution is 6.26. The van der Waals surface area contributed by atoms with Gasteiger partial charge in [0.1, 0.15) is 29.8 Å². The molecule has 80 heavy (non-hydrogen) atoms. The molecule has 24 unspecified atom stereocenters. The standard InChI is InChI=1S/C57H80N2O21/c1-25-13-16-40(77-44-23-55(10,59(69)70)50(31(7)74-44)58-54(68)71-12)26(2)18-37-38(63)19-34(24-60)22-57(37)52(66)45(53(67)80-57)51(65)56(11)36(25)15-14-35-46(56)27(3)17-28(4)47(35)79-43-21-41(49(30(6)73-43)76-33(9)62)78-42-20-39(64)48(29(5)72-42)75-32(8)61/h13-15,18-19,24,27-31,35-44,46-50,59,63-65,69H,16-17,20-23H2,1-12H3,(H,58,68). The number of ketones is 1. The van der Waals surface area contributed by atoms with Crippen LogP contribution in [0.5, 0.6) is 0 Å². The number of hydrogen-bond acceptors (Lipinski definition) is 21. The predicted molar refractivity (Wildman–Crippen MR) is 277 cm³/mol. The van der Waals surface area contributed by atoms with Crippen molar-refractivity contribution >= 4 is 36.1 Å². The summed E-state index contributed by atoms with van der Waals surface area (Å²) in [5.41, 5.74) is -4.68. The van der Waals surface area contributed by atoms with Crippen molar-refractivity contribution in [3.05, 3.63) is 63.6 Å². The van der Waals surface area contributed by atoms with E-state index in [9.17, 15) is 49.7 Å². The molecule has 0 aromatic rings. The van der Waals surface area contributed by atoms with Crippen molar-refractivity contribution < 1.29 is 102 Å². The Morgan fingerprint density at radius 1 is 0.825 bits per heavy atom. The Morgan fingerprint density at radius 3 is 2.09 bits per heavy atom. The third-order valence-electron chi connectivity index (χ3n) is 18.3.